The van der Waals surface area contributed by atoms with Gasteiger partial charge in [-0.1, -0.05) is 135 Å². The third-order valence-corrected chi connectivity index (χ3v) is 14.7. The highest BCUT2D eigenvalue weighted by Gasteiger charge is 2.55. The van der Waals surface area contributed by atoms with Crippen LogP contribution in [-0.2, 0) is 18.2 Å². The van der Waals surface area contributed by atoms with Crippen molar-refractivity contribution in [2.75, 3.05) is 12.3 Å². The minimum absolute atomic E-state index is 0.0561. The zero-order chi connectivity index (χ0) is 34.7. The molecule has 0 unspecified atom stereocenters. The maximum Gasteiger partial charge on any atom is 0.273 e. The Balaban J connectivity index is 0.000000188. The van der Waals surface area contributed by atoms with E-state index in [1.54, 1.807) is 0 Å². The van der Waals surface area contributed by atoms with Crippen LogP contribution in [0.4, 0.5) is 0 Å². The molecule has 0 saturated carbocycles. The lowest BCUT2D eigenvalue weighted by Gasteiger charge is -2.39. The molecule has 0 radical (unpaired) electrons. The smallest absolute Gasteiger partial charge is 0.273 e. The van der Waals surface area contributed by atoms with Gasteiger partial charge in [0.2, 0.25) is 0 Å². The molecule has 6 nitrogen and oxygen atoms in total. The average molecular weight is 687 g/mol. The Bertz CT molecular complexity index is 1580. The van der Waals surface area contributed by atoms with Crippen molar-refractivity contribution in [1.29, 1.82) is 0 Å². The summed E-state index contributed by atoms with van der Waals surface area (Å²) >= 11 is 0. The molecular formula is C40H52N2O4P2. The van der Waals surface area contributed by atoms with Gasteiger partial charge in [0.05, 0.1) is 12.1 Å². The molecule has 0 bridgehead atoms. The molecule has 48 heavy (non-hydrogen) atoms. The molecule has 0 amide bonds. The standard InChI is InChI=1S/2C20H26NO2P/c2*1-5-24(22)21(20(2,3)4)18(16-12-8-6-9-13-16)19(23-24)17-14-10-7-11-15-17/h2*6-15,18-19H,5H2,1-4H3/t2*18-,19+,24+/m10/s1. The molecule has 0 aliphatic carbocycles. The van der Waals surface area contributed by atoms with Crippen molar-refractivity contribution in [3.63, 3.8) is 0 Å². The van der Waals surface area contributed by atoms with Crippen LogP contribution >= 0.6 is 15.0 Å². The Morgan fingerprint density at radius 2 is 0.729 bits per heavy atom. The predicted molar refractivity (Wildman–Crippen MR) is 198 cm³/mol. The van der Waals surface area contributed by atoms with E-state index in [-0.39, 0.29) is 35.4 Å². The highest BCUT2D eigenvalue weighted by molar-refractivity contribution is 7.57. The number of benzene rings is 4. The lowest BCUT2D eigenvalue weighted by molar-refractivity contribution is 0.155. The summed E-state index contributed by atoms with van der Waals surface area (Å²) in [6.07, 6.45) is 0.575. The molecule has 2 aliphatic heterocycles. The second-order valence-corrected chi connectivity index (χ2v) is 19.6. The van der Waals surface area contributed by atoms with Gasteiger partial charge in [0.25, 0.3) is 15.0 Å². The molecular weight excluding hydrogens is 634 g/mol. The van der Waals surface area contributed by atoms with Gasteiger partial charge in [-0.3, -0.25) is 9.13 Å². The second kappa shape index (κ2) is 14.6. The first-order chi connectivity index (χ1) is 22.7. The Morgan fingerprint density at radius 3 is 0.958 bits per heavy atom. The molecule has 6 atom stereocenters. The van der Waals surface area contributed by atoms with Crippen molar-refractivity contribution in [1.82, 2.24) is 9.34 Å². The third-order valence-electron chi connectivity index (χ3n) is 9.03. The van der Waals surface area contributed by atoms with E-state index in [1.807, 2.05) is 86.6 Å². The molecule has 4 aromatic rings. The first kappa shape index (κ1) is 36.5. The second-order valence-electron chi connectivity index (χ2n) is 14.5. The first-order valence-electron chi connectivity index (χ1n) is 17.1. The molecule has 0 N–H and O–H groups in total. The number of nitrogens with zero attached hydrogens (tertiary/aromatic N) is 2. The molecule has 8 heteroatoms. The zero-order valence-corrected chi connectivity index (χ0v) is 31.5. The van der Waals surface area contributed by atoms with Crippen LogP contribution in [0.3, 0.4) is 0 Å². The molecule has 0 aromatic heterocycles. The van der Waals surface area contributed by atoms with Gasteiger partial charge in [-0.15, -0.1) is 0 Å². The molecule has 2 saturated heterocycles. The minimum atomic E-state index is -2.89. The fourth-order valence-electron chi connectivity index (χ4n) is 7.11. The van der Waals surface area contributed by atoms with Crippen LogP contribution in [0.5, 0.6) is 0 Å². The topological polar surface area (TPSA) is 59.1 Å². The van der Waals surface area contributed by atoms with Crippen LogP contribution in [0.25, 0.3) is 0 Å². The summed E-state index contributed by atoms with van der Waals surface area (Å²) in [6, 6.07) is 40.8. The van der Waals surface area contributed by atoms with Crippen molar-refractivity contribution < 1.29 is 18.2 Å². The van der Waals surface area contributed by atoms with Gasteiger partial charge in [-0.2, -0.15) is 0 Å². The molecule has 6 rings (SSSR count). The summed E-state index contributed by atoms with van der Waals surface area (Å²) in [7, 11) is -5.78. The van der Waals surface area contributed by atoms with E-state index in [0.717, 1.165) is 22.3 Å². The van der Waals surface area contributed by atoms with Crippen molar-refractivity contribution >= 4 is 15.0 Å². The van der Waals surface area contributed by atoms with Gasteiger partial charge in [0.1, 0.15) is 12.2 Å². The van der Waals surface area contributed by atoms with E-state index >= 15 is 0 Å². The lowest BCUT2D eigenvalue weighted by Crippen LogP contribution is -2.39. The van der Waals surface area contributed by atoms with Gasteiger partial charge in [-0.05, 0) is 63.8 Å². The van der Waals surface area contributed by atoms with Gasteiger partial charge < -0.3 is 9.05 Å². The van der Waals surface area contributed by atoms with E-state index in [9.17, 15) is 9.13 Å². The SMILES string of the molecule is CC[P@@]1(=O)O[C@H](c2ccccc2)[C@H](c2ccccc2)N1C(C)(C)C.CC[P@]1(=O)O[C@@H](c2ccccc2)[C@@H](c2ccccc2)N1C(C)(C)C. The van der Waals surface area contributed by atoms with Crippen molar-refractivity contribution in [3.05, 3.63) is 144 Å². The van der Waals surface area contributed by atoms with Crippen molar-refractivity contribution in [2.24, 2.45) is 0 Å². The number of rotatable bonds is 6. The number of hydrogen-bond acceptors (Lipinski definition) is 4. The highest BCUT2D eigenvalue weighted by atomic mass is 31.2. The fraction of sp³-hybridized carbons (Fsp3) is 0.400. The van der Waals surface area contributed by atoms with Crippen molar-refractivity contribution in [3.8, 4) is 0 Å². The molecule has 2 heterocycles. The summed E-state index contributed by atoms with van der Waals surface area (Å²) in [5, 5.41) is 0. The van der Waals surface area contributed by atoms with Crippen molar-refractivity contribution in [2.45, 2.75) is 90.8 Å². The predicted octanol–water partition coefficient (Wildman–Crippen LogP) is 11.6. The maximum absolute atomic E-state index is 13.6. The molecule has 256 valence electrons. The number of hydrogen-bond donors (Lipinski definition) is 0. The highest BCUT2D eigenvalue weighted by Crippen LogP contribution is 2.70. The molecule has 0 spiro atoms. The van der Waals surface area contributed by atoms with E-state index in [4.69, 9.17) is 9.05 Å². The Labute approximate surface area is 288 Å². The van der Waals surface area contributed by atoms with Crippen LogP contribution in [0.2, 0.25) is 0 Å². The summed E-state index contributed by atoms with van der Waals surface area (Å²) < 4.78 is 44.0. The van der Waals surface area contributed by atoms with E-state index in [1.165, 1.54) is 0 Å². The quantitative estimate of drug-likeness (QED) is 0.188. The third kappa shape index (κ3) is 7.50. The van der Waals surface area contributed by atoms with Gasteiger partial charge in [0, 0.05) is 23.4 Å². The lowest BCUT2D eigenvalue weighted by atomic mass is 9.93. The summed E-state index contributed by atoms with van der Waals surface area (Å²) in [5.41, 5.74) is 3.93. The Kier molecular flexibility index (Phi) is 11.1. The van der Waals surface area contributed by atoms with Crippen LogP contribution in [0, 0.1) is 0 Å². The molecule has 2 fully saturated rings. The van der Waals surface area contributed by atoms with E-state index < -0.39 is 15.0 Å². The summed E-state index contributed by atoms with van der Waals surface area (Å²) in [5.74, 6) is 0. The first-order valence-corrected chi connectivity index (χ1v) is 20.6. The maximum atomic E-state index is 13.6. The summed E-state index contributed by atoms with van der Waals surface area (Å²) in [6.45, 7) is 16.6. The Morgan fingerprint density at radius 1 is 0.479 bits per heavy atom. The summed E-state index contributed by atoms with van der Waals surface area (Å²) in [4.78, 5) is 0. The molecule has 4 aromatic carbocycles. The Hall–Kier alpha value is -2.82. The molecule has 2 aliphatic rings. The minimum Gasteiger partial charge on any atom is -0.307 e. The van der Waals surface area contributed by atoms with Crippen LogP contribution in [0.1, 0.15) is 102 Å². The largest absolute Gasteiger partial charge is 0.307 e. The zero-order valence-electron chi connectivity index (χ0n) is 29.7. The van der Waals surface area contributed by atoms with Gasteiger partial charge in [-0.25, -0.2) is 9.34 Å². The van der Waals surface area contributed by atoms with Crippen LogP contribution < -0.4 is 0 Å². The van der Waals surface area contributed by atoms with E-state index in [0.29, 0.717) is 12.3 Å². The van der Waals surface area contributed by atoms with Gasteiger partial charge in [0.15, 0.2) is 0 Å². The monoisotopic (exact) mass is 686 g/mol. The average Bonchev–Trinajstić information content (AvgIpc) is 3.60. The van der Waals surface area contributed by atoms with E-state index in [2.05, 4.69) is 99.4 Å². The normalized spacial score (nSPS) is 28.2. The van der Waals surface area contributed by atoms with Gasteiger partial charge >= 0.3 is 0 Å². The van der Waals surface area contributed by atoms with Crippen LogP contribution in [0.15, 0.2) is 121 Å². The van der Waals surface area contributed by atoms with Crippen LogP contribution in [-0.4, -0.2) is 32.7 Å². The fourth-order valence-corrected chi connectivity index (χ4v) is 12.5.